The summed E-state index contributed by atoms with van der Waals surface area (Å²) in [6.07, 6.45) is 2.39. The molecule has 2 aromatic heterocycles. The number of hydrogen-bond donors (Lipinski definition) is 0. The highest BCUT2D eigenvalue weighted by atomic mass is 19.1. The van der Waals surface area contributed by atoms with E-state index in [1.54, 1.807) is 0 Å². The first-order valence-electron chi connectivity index (χ1n) is 6.50. The van der Waals surface area contributed by atoms with E-state index in [9.17, 15) is 4.39 Å². The zero-order valence-corrected chi connectivity index (χ0v) is 11.2. The van der Waals surface area contributed by atoms with Crippen LogP contribution in [0.25, 0.3) is 0 Å². The summed E-state index contributed by atoms with van der Waals surface area (Å²) in [6.45, 7) is 5.11. The van der Waals surface area contributed by atoms with Gasteiger partial charge in [-0.15, -0.1) is 5.10 Å². The smallest absolute Gasteiger partial charge is 0.225 e. The first-order chi connectivity index (χ1) is 9.72. The van der Waals surface area contributed by atoms with E-state index in [0.717, 1.165) is 37.7 Å². The lowest BCUT2D eigenvalue weighted by Gasteiger charge is -2.35. The normalized spacial score (nSPS) is 15.5. The van der Waals surface area contributed by atoms with Crippen LogP contribution in [0.1, 0.15) is 5.69 Å². The Morgan fingerprint density at radius 2 is 1.60 bits per heavy atom. The van der Waals surface area contributed by atoms with E-state index >= 15 is 0 Å². The van der Waals surface area contributed by atoms with E-state index in [4.69, 9.17) is 0 Å². The van der Waals surface area contributed by atoms with Crippen LogP contribution >= 0.6 is 0 Å². The third kappa shape index (κ3) is 2.66. The Bertz CT molecular complexity index is 509. The Kier molecular flexibility index (Phi) is 3.41. The maximum atomic E-state index is 12.8. The summed E-state index contributed by atoms with van der Waals surface area (Å²) < 4.78 is 12.8. The second kappa shape index (κ2) is 5.36. The standard InChI is InChI=1S/C13H15FN6/c1-10-2-3-12(18-17-10)19-4-6-20(7-5-19)13-15-8-11(14)9-16-13/h2-3,8-9H,4-7H2,1H3. The van der Waals surface area contributed by atoms with Gasteiger partial charge < -0.3 is 9.80 Å². The van der Waals surface area contributed by atoms with Gasteiger partial charge in [0.2, 0.25) is 5.95 Å². The van der Waals surface area contributed by atoms with Crippen LogP contribution in [-0.2, 0) is 0 Å². The van der Waals surface area contributed by atoms with Crippen molar-refractivity contribution in [1.29, 1.82) is 0 Å². The molecule has 0 bridgehead atoms. The highest BCUT2D eigenvalue weighted by Gasteiger charge is 2.20. The van der Waals surface area contributed by atoms with Crippen molar-refractivity contribution < 1.29 is 4.39 Å². The van der Waals surface area contributed by atoms with Crippen LogP contribution in [0.3, 0.4) is 0 Å². The van der Waals surface area contributed by atoms with Crippen molar-refractivity contribution in [1.82, 2.24) is 20.2 Å². The third-order valence-electron chi connectivity index (χ3n) is 3.28. The molecule has 0 atom stereocenters. The number of anilines is 2. The summed E-state index contributed by atoms with van der Waals surface area (Å²) in [7, 11) is 0. The van der Waals surface area contributed by atoms with E-state index in [2.05, 4.69) is 25.1 Å². The quantitative estimate of drug-likeness (QED) is 0.815. The molecule has 0 saturated carbocycles. The number of rotatable bonds is 2. The summed E-state index contributed by atoms with van der Waals surface area (Å²) >= 11 is 0. The van der Waals surface area contributed by atoms with Gasteiger partial charge in [0.1, 0.15) is 0 Å². The summed E-state index contributed by atoms with van der Waals surface area (Å²) in [5, 5.41) is 8.26. The summed E-state index contributed by atoms with van der Waals surface area (Å²) in [5.74, 6) is 1.04. The van der Waals surface area contributed by atoms with E-state index in [1.165, 1.54) is 12.4 Å². The lowest BCUT2D eigenvalue weighted by molar-refractivity contribution is 0.601. The minimum atomic E-state index is -0.415. The van der Waals surface area contributed by atoms with Crippen LogP contribution in [0.2, 0.25) is 0 Å². The molecule has 0 aliphatic carbocycles. The van der Waals surface area contributed by atoms with Gasteiger partial charge in [0.15, 0.2) is 11.6 Å². The van der Waals surface area contributed by atoms with Crippen molar-refractivity contribution in [2.75, 3.05) is 36.0 Å². The molecule has 0 N–H and O–H groups in total. The SMILES string of the molecule is Cc1ccc(N2CCN(c3ncc(F)cn3)CC2)nn1. The number of halogens is 1. The van der Waals surface area contributed by atoms with Crippen molar-refractivity contribution in [3.63, 3.8) is 0 Å². The molecular formula is C13H15FN6. The summed E-state index contributed by atoms with van der Waals surface area (Å²) in [6, 6.07) is 3.93. The second-order valence-corrected chi connectivity index (χ2v) is 4.71. The Morgan fingerprint density at radius 3 is 2.20 bits per heavy atom. The number of aromatic nitrogens is 4. The van der Waals surface area contributed by atoms with Crippen LogP contribution in [0.5, 0.6) is 0 Å². The monoisotopic (exact) mass is 274 g/mol. The highest BCUT2D eigenvalue weighted by Crippen LogP contribution is 2.15. The molecule has 2 aromatic rings. The van der Waals surface area contributed by atoms with Gasteiger partial charge in [-0.3, -0.25) is 0 Å². The molecule has 0 aromatic carbocycles. The largest absolute Gasteiger partial charge is 0.352 e. The van der Waals surface area contributed by atoms with Crippen LogP contribution in [0.15, 0.2) is 24.5 Å². The minimum absolute atomic E-state index is 0.415. The molecule has 0 amide bonds. The van der Waals surface area contributed by atoms with Gasteiger partial charge in [-0.25, -0.2) is 14.4 Å². The molecule has 0 unspecified atom stereocenters. The van der Waals surface area contributed by atoms with Gasteiger partial charge in [-0.1, -0.05) is 0 Å². The number of aryl methyl sites for hydroxylation is 1. The van der Waals surface area contributed by atoms with E-state index in [-0.39, 0.29) is 0 Å². The van der Waals surface area contributed by atoms with Gasteiger partial charge in [-0.05, 0) is 19.1 Å². The van der Waals surface area contributed by atoms with E-state index in [0.29, 0.717) is 5.95 Å². The number of nitrogens with zero attached hydrogens (tertiary/aromatic N) is 6. The molecule has 7 heteroatoms. The number of hydrogen-bond acceptors (Lipinski definition) is 6. The summed E-state index contributed by atoms with van der Waals surface area (Å²) in [4.78, 5) is 12.2. The molecular weight excluding hydrogens is 259 g/mol. The molecule has 20 heavy (non-hydrogen) atoms. The highest BCUT2D eigenvalue weighted by molar-refractivity contribution is 5.41. The fourth-order valence-electron chi connectivity index (χ4n) is 2.16. The van der Waals surface area contributed by atoms with Crippen molar-refractivity contribution in [2.45, 2.75) is 6.92 Å². The Labute approximate surface area is 116 Å². The molecule has 1 saturated heterocycles. The lowest BCUT2D eigenvalue weighted by Crippen LogP contribution is -2.47. The molecule has 0 spiro atoms. The van der Waals surface area contributed by atoms with E-state index < -0.39 is 5.82 Å². The zero-order valence-electron chi connectivity index (χ0n) is 11.2. The van der Waals surface area contributed by atoms with Crippen molar-refractivity contribution >= 4 is 11.8 Å². The Morgan fingerprint density at radius 1 is 0.950 bits per heavy atom. The van der Waals surface area contributed by atoms with Crippen LogP contribution < -0.4 is 9.80 Å². The van der Waals surface area contributed by atoms with Crippen molar-refractivity contribution in [2.24, 2.45) is 0 Å². The second-order valence-electron chi connectivity index (χ2n) is 4.71. The Hall–Kier alpha value is -2.31. The number of piperazine rings is 1. The first-order valence-corrected chi connectivity index (χ1v) is 6.50. The Balaban J connectivity index is 1.64. The van der Waals surface area contributed by atoms with Crippen LogP contribution in [-0.4, -0.2) is 46.3 Å². The fourth-order valence-corrected chi connectivity index (χ4v) is 2.16. The van der Waals surface area contributed by atoms with Gasteiger partial charge in [0.25, 0.3) is 0 Å². The maximum absolute atomic E-state index is 12.8. The summed E-state index contributed by atoms with van der Waals surface area (Å²) in [5.41, 5.74) is 0.909. The third-order valence-corrected chi connectivity index (χ3v) is 3.28. The predicted octanol–water partition coefficient (Wildman–Crippen LogP) is 1.04. The van der Waals surface area contributed by atoms with Gasteiger partial charge in [-0.2, -0.15) is 5.10 Å². The molecule has 0 radical (unpaired) electrons. The van der Waals surface area contributed by atoms with Crippen LogP contribution in [0, 0.1) is 12.7 Å². The average Bonchev–Trinajstić information content (AvgIpc) is 2.49. The molecule has 1 aliphatic rings. The molecule has 104 valence electrons. The van der Waals surface area contributed by atoms with Gasteiger partial charge in [0.05, 0.1) is 18.1 Å². The fraction of sp³-hybridized carbons (Fsp3) is 0.385. The molecule has 1 fully saturated rings. The molecule has 3 rings (SSSR count). The van der Waals surface area contributed by atoms with Crippen molar-refractivity contribution in [3.8, 4) is 0 Å². The minimum Gasteiger partial charge on any atom is -0.352 e. The molecule has 3 heterocycles. The maximum Gasteiger partial charge on any atom is 0.225 e. The average molecular weight is 274 g/mol. The van der Waals surface area contributed by atoms with E-state index in [1.807, 2.05) is 24.0 Å². The predicted molar refractivity (Wildman–Crippen MR) is 73.2 cm³/mol. The lowest BCUT2D eigenvalue weighted by atomic mass is 10.3. The molecule has 6 nitrogen and oxygen atoms in total. The van der Waals surface area contributed by atoms with Gasteiger partial charge >= 0.3 is 0 Å². The molecule has 1 aliphatic heterocycles. The van der Waals surface area contributed by atoms with Gasteiger partial charge in [0, 0.05) is 26.2 Å². The first kappa shape index (κ1) is 12.7. The van der Waals surface area contributed by atoms with Crippen molar-refractivity contribution in [3.05, 3.63) is 36.0 Å². The van der Waals surface area contributed by atoms with Crippen LogP contribution in [0.4, 0.5) is 16.2 Å². The topological polar surface area (TPSA) is 58.0 Å². The zero-order chi connectivity index (χ0) is 13.9.